The first-order valence-corrected chi connectivity index (χ1v) is 10.4. The number of piperidine rings is 1. The largest absolute Gasteiger partial charge is 0.436 e. The Labute approximate surface area is 161 Å². The molecule has 150 valence electrons. The van der Waals surface area contributed by atoms with Crippen molar-refractivity contribution < 1.29 is 14.3 Å². The number of likely N-dealkylation sites (tertiary alicyclic amines) is 1. The summed E-state index contributed by atoms with van der Waals surface area (Å²) in [6.45, 7) is 8.93. The second-order valence-corrected chi connectivity index (χ2v) is 8.53. The third-order valence-electron chi connectivity index (χ3n) is 6.85. The molecule has 4 rings (SSSR count). The molecule has 7 nitrogen and oxygen atoms in total. The Balaban J connectivity index is 1.37. The Morgan fingerprint density at radius 3 is 2.22 bits per heavy atom. The van der Waals surface area contributed by atoms with Gasteiger partial charge in [0.05, 0.1) is 5.70 Å². The Bertz CT molecular complexity index is 600. The molecule has 0 radical (unpaired) electrons. The zero-order valence-corrected chi connectivity index (χ0v) is 16.5. The number of carbonyl (C=O) groups excluding carboxylic acids is 2. The Morgan fingerprint density at radius 1 is 1.00 bits per heavy atom. The Hall–Kier alpha value is -1.76. The number of amides is 3. The van der Waals surface area contributed by atoms with Crippen LogP contribution in [-0.4, -0.2) is 89.7 Å². The molecule has 1 spiro atoms. The van der Waals surface area contributed by atoms with Crippen molar-refractivity contribution in [2.45, 2.75) is 56.6 Å². The van der Waals surface area contributed by atoms with E-state index in [1.165, 1.54) is 19.3 Å². The third kappa shape index (κ3) is 3.42. The first kappa shape index (κ1) is 18.6. The van der Waals surface area contributed by atoms with Crippen LogP contribution in [0.1, 0.15) is 44.9 Å². The first-order chi connectivity index (χ1) is 13.0. The molecule has 3 aliphatic heterocycles. The normalized spacial score (nSPS) is 27.4. The molecule has 4 fully saturated rings. The molecule has 0 aromatic carbocycles. The summed E-state index contributed by atoms with van der Waals surface area (Å²) < 4.78 is 5.88. The van der Waals surface area contributed by atoms with Gasteiger partial charge in [-0.1, -0.05) is 25.8 Å². The van der Waals surface area contributed by atoms with Crippen LogP contribution >= 0.6 is 0 Å². The molecule has 0 bridgehead atoms. The average molecular weight is 377 g/mol. The summed E-state index contributed by atoms with van der Waals surface area (Å²) in [5, 5.41) is 0. The van der Waals surface area contributed by atoms with E-state index in [9.17, 15) is 9.59 Å². The molecule has 4 aliphatic rings. The third-order valence-corrected chi connectivity index (χ3v) is 6.85. The maximum Gasteiger partial charge on any atom is 0.415 e. The SMILES string of the molecule is C=C1N(C2CCCCC2)C(=O)OC12CCN(C(=O)N1CCN(C)CC1)CC2. The Kier molecular flexibility index (Phi) is 5.05. The maximum atomic E-state index is 12.8. The molecule has 0 aromatic heterocycles. The molecule has 1 saturated carbocycles. The van der Waals surface area contributed by atoms with E-state index in [-0.39, 0.29) is 18.2 Å². The summed E-state index contributed by atoms with van der Waals surface area (Å²) in [7, 11) is 2.09. The van der Waals surface area contributed by atoms with E-state index in [2.05, 4.69) is 18.5 Å². The van der Waals surface area contributed by atoms with Crippen LogP contribution < -0.4 is 0 Å². The van der Waals surface area contributed by atoms with Gasteiger partial charge >= 0.3 is 12.1 Å². The zero-order chi connectivity index (χ0) is 19.0. The highest BCUT2D eigenvalue weighted by Crippen LogP contribution is 2.43. The van der Waals surface area contributed by atoms with Crippen molar-refractivity contribution >= 4 is 12.1 Å². The topological polar surface area (TPSA) is 56.3 Å². The van der Waals surface area contributed by atoms with Gasteiger partial charge in [-0.15, -0.1) is 0 Å². The van der Waals surface area contributed by atoms with Crippen molar-refractivity contribution in [1.29, 1.82) is 0 Å². The second-order valence-electron chi connectivity index (χ2n) is 8.53. The van der Waals surface area contributed by atoms with Gasteiger partial charge < -0.3 is 19.4 Å². The number of rotatable bonds is 1. The van der Waals surface area contributed by atoms with E-state index in [0.29, 0.717) is 25.9 Å². The van der Waals surface area contributed by atoms with Crippen molar-refractivity contribution in [1.82, 2.24) is 19.6 Å². The quantitative estimate of drug-likeness (QED) is 0.706. The fourth-order valence-electron chi connectivity index (χ4n) is 4.96. The molecule has 0 unspecified atom stereocenters. The van der Waals surface area contributed by atoms with Gasteiger partial charge in [0.15, 0.2) is 5.60 Å². The van der Waals surface area contributed by atoms with Crippen LogP contribution in [0.2, 0.25) is 0 Å². The van der Waals surface area contributed by atoms with E-state index in [0.717, 1.165) is 44.7 Å². The monoisotopic (exact) mass is 376 g/mol. The molecule has 1 aliphatic carbocycles. The zero-order valence-electron chi connectivity index (χ0n) is 16.5. The van der Waals surface area contributed by atoms with E-state index in [4.69, 9.17) is 4.74 Å². The molecule has 3 heterocycles. The molecule has 0 atom stereocenters. The van der Waals surface area contributed by atoms with Crippen molar-refractivity contribution in [2.75, 3.05) is 46.3 Å². The lowest BCUT2D eigenvalue weighted by Crippen LogP contribution is -2.55. The number of carbonyl (C=O) groups is 2. The predicted octanol–water partition coefficient (Wildman–Crippen LogP) is 2.49. The fraction of sp³-hybridized carbons (Fsp3) is 0.800. The minimum atomic E-state index is -0.604. The molecular weight excluding hydrogens is 344 g/mol. The summed E-state index contributed by atoms with van der Waals surface area (Å²) in [6, 6.07) is 0.361. The molecule has 27 heavy (non-hydrogen) atoms. The molecule has 3 amide bonds. The lowest BCUT2D eigenvalue weighted by Gasteiger charge is -2.42. The summed E-state index contributed by atoms with van der Waals surface area (Å²) >= 11 is 0. The summed E-state index contributed by atoms with van der Waals surface area (Å²) in [5.41, 5.74) is 0.221. The van der Waals surface area contributed by atoms with Crippen molar-refractivity contribution in [3.8, 4) is 0 Å². The van der Waals surface area contributed by atoms with Crippen LogP contribution in [0.5, 0.6) is 0 Å². The van der Waals surface area contributed by atoms with Gasteiger partial charge in [0, 0.05) is 58.2 Å². The summed E-state index contributed by atoms with van der Waals surface area (Å²) in [5.74, 6) is 0. The molecule has 3 saturated heterocycles. The van der Waals surface area contributed by atoms with Gasteiger partial charge in [0.1, 0.15) is 0 Å². The summed E-state index contributed by atoms with van der Waals surface area (Å²) in [4.78, 5) is 33.4. The van der Waals surface area contributed by atoms with Gasteiger partial charge in [0.2, 0.25) is 0 Å². The highest BCUT2D eigenvalue weighted by molar-refractivity contribution is 5.77. The van der Waals surface area contributed by atoms with Gasteiger partial charge in [-0.25, -0.2) is 9.59 Å². The van der Waals surface area contributed by atoms with Crippen LogP contribution in [0.25, 0.3) is 0 Å². The van der Waals surface area contributed by atoms with E-state index in [1.54, 1.807) is 0 Å². The number of likely N-dealkylation sites (N-methyl/N-ethyl adjacent to an activating group) is 1. The fourth-order valence-corrected chi connectivity index (χ4v) is 4.96. The Morgan fingerprint density at radius 2 is 1.59 bits per heavy atom. The van der Waals surface area contributed by atoms with Crippen molar-refractivity contribution in [2.24, 2.45) is 0 Å². The first-order valence-electron chi connectivity index (χ1n) is 10.4. The molecule has 0 N–H and O–H groups in total. The minimum absolute atomic E-state index is 0.122. The van der Waals surface area contributed by atoms with Crippen molar-refractivity contribution in [3.05, 3.63) is 12.3 Å². The number of piperazine rings is 1. The van der Waals surface area contributed by atoms with Crippen LogP contribution in [0.4, 0.5) is 9.59 Å². The predicted molar refractivity (Wildman–Crippen MR) is 102 cm³/mol. The number of hydrogen-bond acceptors (Lipinski definition) is 4. The number of nitrogens with zero attached hydrogens (tertiary/aromatic N) is 4. The lowest BCUT2D eigenvalue weighted by atomic mass is 9.87. The smallest absolute Gasteiger partial charge is 0.415 e. The number of hydrogen-bond donors (Lipinski definition) is 0. The standard InChI is InChI=1S/C20H32N4O3/c1-16-20(27-19(26)24(16)17-6-4-3-5-7-17)8-10-22(11-9-20)18(25)23-14-12-21(2)13-15-23/h17H,1,3-15H2,2H3. The summed E-state index contributed by atoms with van der Waals surface area (Å²) in [6.07, 6.45) is 6.74. The highest BCUT2D eigenvalue weighted by Gasteiger charge is 2.52. The van der Waals surface area contributed by atoms with Crippen molar-refractivity contribution in [3.63, 3.8) is 0 Å². The molecule has 7 heteroatoms. The highest BCUT2D eigenvalue weighted by atomic mass is 16.6. The van der Waals surface area contributed by atoms with Crippen LogP contribution in [0.3, 0.4) is 0 Å². The van der Waals surface area contributed by atoms with Gasteiger partial charge in [-0.05, 0) is 19.9 Å². The minimum Gasteiger partial charge on any atom is -0.436 e. The van der Waals surface area contributed by atoms with Crippen LogP contribution in [0.15, 0.2) is 12.3 Å². The van der Waals surface area contributed by atoms with Crippen LogP contribution in [-0.2, 0) is 4.74 Å². The molecule has 0 aromatic rings. The molecular formula is C20H32N4O3. The van der Waals surface area contributed by atoms with Gasteiger partial charge in [-0.3, -0.25) is 4.90 Å². The maximum absolute atomic E-state index is 12.8. The van der Waals surface area contributed by atoms with Gasteiger partial charge in [0.25, 0.3) is 0 Å². The number of ether oxygens (including phenoxy) is 1. The van der Waals surface area contributed by atoms with E-state index < -0.39 is 5.60 Å². The van der Waals surface area contributed by atoms with Gasteiger partial charge in [-0.2, -0.15) is 0 Å². The van der Waals surface area contributed by atoms with Crippen LogP contribution in [0, 0.1) is 0 Å². The van der Waals surface area contributed by atoms with E-state index in [1.807, 2.05) is 14.7 Å². The van der Waals surface area contributed by atoms with E-state index >= 15 is 0 Å². The lowest BCUT2D eigenvalue weighted by molar-refractivity contribution is 0.0177. The average Bonchev–Trinajstić information content (AvgIpc) is 2.93. The second kappa shape index (κ2) is 7.34. The number of urea groups is 1.